The lowest BCUT2D eigenvalue weighted by atomic mass is 10.1. The highest BCUT2D eigenvalue weighted by molar-refractivity contribution is 7.21. The molecule has 106 valence electrons. The van der Waals surface area contributed by atoms with Gasteiger partial charge in [-0.15, -0.1) is 11.3 Å². The number of thiophene rings is 1. The van der Waals surface area contributed by atoms with Gasteiger partial charge in [-0.05, 0) is 19.1 Å². The number of amides is 1. The molecule has 0 saturated heterocycles. The Kier molecular flexibility index (Phi) is 2.99. The van der Waals surface area contributed by atoms with Crippen molar-refractivity contribution in [3.8, 4) is 17.1 Å². The van der Waals surface area contributed by atoms with E-state index in [4.69, 9.17) is 11.5 Å². The summed E-state index contributed by atoms with van der Waals surface area (Å²) in [7, 11) is 0. The van der Waals surface area contributed by atoms with E-state index in [1.165, 1.54) is 0 Å². The first kappa shape index (κ1) is 13.3. The lowest BCUT2D eigenvalue weighted by Gasteiger charge is -2.05. The van der Waals surface area contributed by atoms with Crippen LogP contribution in [0.15, 0.2) is 24.3 Å². The maximum atomic E-state index is 11.4. The fraction of sp³-hybridized carbons (Fsp3) is 0.0714. The zero-order valence-electron chi connectivity index (χ0n) is 11.1. The molecule has 0 atom stereocenters. The number of phenols is 1. The highest BCUT2D eigenvalue weighted by atomic mass is 32.1. The molecule has 0 aliphatic carbocycles. The van der Waals surface area contributed by atoms with E-state index in [0.29, 0.717) is 33.0 Å². The van der Waals surface area contributed by atoms with Crippen molar-refractivity contribution in [2.24, 2.45) is 5.73 Å². The monoisotopic (exact) mass is 300 g/mol. The molecule has 2 aromatic heterocycles. The zero-order valence-corrected chi connectivity index (χ0v) is 11.9. The van der Waals surface area contributed by atoms with Gasteiger partial charge in [0.25, 0.3) is 5.91 Å². The number of para-hydroxylation sites is 1. The van der Waals surface area contributed by atoms with E-state index in [9.17, 15) is 9.90 Å². The molecular weight excluding hydrogens is 288 g/mol. The van der Waals surface area contributed by atoms with E-state index in [-0.39, 0.29) is 10.6 Å². The number of aromatic nitrogens is 2. The number of carbonyl (C=O) groups is 1. The van der Waals surface area contributed by atoms with Crippen molar-refractivity contribution in [1.82, 2.24) is 9.97 Å². The Hall–Kier alpha value is -2.67. The number of hydrogen-bond donors (Lipinski definition) is 3. The second-order valence-electron chi connectivity index (χ2n) is 4.54. The molecule has 0 aliphatic rings. The van der Waals surface area contributed by atoms with E-state index < -0.39 is 5.91 Å². The SMILES string of the molecule is Cc1nc(-c2ccccc2O)nc2sc(C(N)=O)c(N)c12. The number of aromatic hydroxyl groups is 1. The van der Waals surface area contributed by atoms with Crippen LogP contribution in [0, 0.1) is 6.92 Å². The molecule has 0 fully saturated rings. The van der Waals surface area contributed by atoms with E-state index in [1.54, 1.807) is 31.2 Å². The van der Waals surface area contributed by atoms with Crippen LogP contribution < -0.4 is 11.5 Å². The van der Waals surface area contributed by atoms with Crippen molar-refractivity contribution in [1.29, 1.82) is 0 Å². The summed E-state index contributed by atoms with van der Waals surface area (Å²) in [4.78, 5) is 21.0. The number of aryl methyl sites for hydroxylation is 1. The number of carbonyl (C=O) groups excluding carboxylic acids is 1. The molecule has 7 heteroatoms. The Balaban J connectivity index is 2.29. The van der Waals surface area contributed by atoms with Gasteiger partial charge in [-0.1, -0.05) is 12.1 Å². The molecule has 0 spiro atoms. The van der Waals surface area contributed by atoms with E-state index in [0.717, 1.165) is 11.3 Å². The van der Waals surface area contributed by atoms with Gasteiger partial charge in [0.05, 0.1) is 22.3 Å². The minimum absolute atomic E-state index is 0.0934. The lowest BCUT2D eigenvalue weighted by molar-refractivity contribution is 0.100. The Bertz CT molecular complexity index is 873. The first-order valence-corrected chi connectivity index (χ1v) is 6.95. The Morgan fingerprint density at radius 1 is 1.29 bits per heavy atom. The summed E-state index contributed by atoms with van der Waals surface area (Å²) in [5.41, 5.74) is 12.7. The summed E-state index contributed by atoms with van der Waals surface area (Å²) >= 11 is 1.13. The Morgan fingerprint density at radius 3 is 2.67 bits per heavy atom. The molecule has 0 saturated carbocycles. The molecule has 1 aromatic carbocycles. The summed E-state index contributed by atoms with van der Waals surface area (Å²) in [6.07, 6.45) is 0. The molecule has 21 heavy (non-hydrogen) atoms. The van der Waals surface area contributed by atoms with E-state index in [1.807, 2.05) is 0 Å². The van der Waals surface area contributed by atoms with Gasteiger partial charge >= 0.3 is 0 Å². The van der Waals surface area contributed by atoms with Crippen molar-refractivity contribution < 1.29 is 9.90 Å². The molecule has 3 rings (SSSR count). The fourth-order valence-corrected chi connectivity index (χ4v) is 3.16. The van der Waals surface area contributed by atoms with Crippen LogP contribution in [0.5, 0.6) is 5.75 Å². The third-order valence-corrected chi connectivity index (χ3v) is 4.25. The van der Waals surface area contributed by atoms with Crippen LogP contribution in [0.3, 0.4) is 0 Å². The number of primary amides is 1. The molecular formula is C14H12N4O2S. The average Bonchev–Trinajstić information content (AvgIpc) is 2.77. The van der Waals surface area contributed by atoms with Crippen LogP contribution >= 0.6 is 11.3 Å². The Labute approximate surface area is 124 Å². The molecule has 0 unspecified atom stereocenters. The normalized spacial score (nSPS) is 10.9. The zero-order chi connectivity index (χ0) is 15.1. The maximum Gasteiger partial charge on any atom is 0.260 e. The van der Waals surface area contributed by atoms with Gasteiger partial charge in [0.1, 0.15) is 15.5 Å². The van der Waals surface area contributed by atoms with Crippen molar-refractivity contribution in [3.63, 3.8) is 0 Å². The molecule has 6 nitrogen and oxygen atoms in total. The molecule has 0 aliphatic heterocycles. The van der Waals surface area contributed by atoms with Crippen LogP contribution in [0.1, 0.15) is 15.4 Å². The van der Waals surface area contributed by atoms with E-state index in [2.05, 4.69) is 9.97 Å². The van der Waals surface area contributed by atoms with Gasteiger partial charge in [-0.2, -0.15) is 0 Å². The standard InChI is InChI=1S/C14H12N4O2S/c1-6-9-10(15)11(12(16)20)21-14(9)18-13(17-6)7-4-2-3-5-8(7)19/h2-5,19H,15H2,1H3,(H2,16,20). The minimum atomic E-state index is -0.584. The molecule has 3 aromatic rings. The second kappa shape index (κ2) is 4.71. The van der Waals surface area contributed by atoms with Gasteiger partial charge in [0.15, 0.2) is 5.82 Å². The lowest BCUT2D eigenvalue weighted by Crippen LogP contribution is -2.10. The number of nitrogens with zero attached hydrogens (tertiary/aromatic N) is 2. The topological polar surface area (TPSA) is 115 Å². The van der Waals surface area contributed by atoms with Gasteiger partial charge in [0, 0.05) is 0 Å². The summed E-state index contributed by atoms with van der Waals surface area (Å²) in [6, 6.07) is 6.80. The number of rotatable bonds is 2. The largest absolute Gasteiger partial charge is 0.507 e. The molecule has 1 amide bonds. The quantitative estimate of drug-likeness (QED) is 0.670. The number of benzene rings is 1. The number of anilines is 1. The van der Waals surface area contributed by atoms with Crippen LogP contribution in [0.25, 0.3) is 21.6 Å². The van der Waals surface area contributed by atoms with Crippen molar-refractivity contribution >= 4 is 33.1 Å². The average molecular weight is 300 g/mol. The number of phenolic OH excluding ortho intramolecular Hbond substituents is 1. The number of hydrogen-bond acceptors (Lipinski definition) is 6. The van der Waals surface area contributed by atoms with E-state index >= 15 is 0 Å². The predicted octanol–water partition coefficient (Wildman–Crippen LogP) is 2.05. The first-order valence-electron chi connectivity index (χ1n) is 6.14. The minimum Gasteiger partial charge on any atom is -0.507 e. The van der Waals surface area contributed by atoms with Gasteiger partial charge in [-0.3, -0.25) is 4.79 Å². The van der Waals surface area contributed by atoms with Crippen molar-refractivity contribution in [2.45, 2.75) is 6.92 Å². The van der Waals surface area contributed by atoms with Crippen molar-refractivity contribution in [3.05, 3.63) is 34.8 Å². The highest BCUT2D eigenvalue weighted by Gasteiger charge is 2.19. The predicted molar refractivity (Wildman–Crippen MR) is 82.2 cm³/mol. The molecule has 0 radical (unpaired) electrons. The maximum absolute atomic E-state index is 11.4. The molecule has 0 bridgehead atoms. The third-order valence-electron chi connectivity index (χ3n) is 3.14. The van der Waals surface area contributed by atoms with Crippen LogP contribution in [-0.4, -0.2) is 21.0 Å². The van der Waals surface area contributed by atoms with Crippen molar-refractivity contribution in [2.75, 3.05) is 5.73 Å². The number of fused-ring (bicyclic) bond motifs is 1. The first-order chi connectivity index (χ1) is 9.99. The summed E-state index contributed by atoms with van der Waals surface area (Å²) in [5.74, 6) is -0.106. The smallest absolute Gasteiger partial charge is 0.260 e. The number of nitrogens with two attached hydrogens (primary N) is 2. The van der Waals surface area contributed by atoms with Gasteiger partial charge < -0.3 is 16.6 Å². The molecule has 2 heterocycles. The number of nitrogen functional groups attached to an aromatic ring is 1. The molecule has 5 N–H and O–H groups in total. The van der Waals surface area contributed by atoms with Crippen LogP contribution in [-0.2, 0) is 0 Å². The van der Waals surface area contributed by atoms with Crippen LogP contribution in [0.4, 0.5) is 5.69 Å². The van der Waals surface area contributed by atoms with Gasteiger partial charge in [0.2, 0.25) is 0 Å². The van der Waals surface area contributed by atoms with Gasteiger partial charge in [-0.25, -0.2) is 9.97 Å². The summed E-state index contributed by atoms with van der Waals surface area (Å²) in [6.45, 7) is 1.78. The summed E-state index contributed by atoms with van der Waals surface area (Å²) < 4.78 is 0. The second-order valence-corrected chi connectivity index (χ2v) is 5.54. The Morgan fingerprint density at radius 2 is 2.00 bits per heavy atom. The highest BCUT2D eigenvalue weighted by Crippen LogP contribution is 2.36. The third kappa shape index (κ3) is 2.07. The fourth-order valence-electron chi connectivity index (χ4n) is 2.16. The summed E-state index contributed by atoms with van der Waals surface area (Å²) in [5, 5.41) is 10.5. The van der Waals surface area contributed by atoms with Crippen LogP contribution in [0.2, 0.25) is 0 Å².